The van der Waals surface area contributed by atoms with Crippen LogP contribution in [0.4, 0.5) is 11.4 Å². The standard InChI is InChI=1S/C21H24N4O2/c26-20-2-1-11-25(20)19-5-3-17(4-6-19)16-21(27)24-14-12-23(13-15-24)18-7-9-22-10-8-18/h3-10H,1-2,11-16H2. The van der Waals surface area contributed by atoms with Gasteiger partial charge < -0.3 is 14.7 Å². The minimum absolute atomic E-state index is 0.161. The second-order valence-electron chi connectivity index (χ2n) is 7.07. The number of carbonyl (C=O) groups is 2. The number of anilines is 2. The SMILES string of the molecule is O=C(Cc1ccc(N2CCCC2=O)cc1)N1CCN(c2ccncc2)CC1. The van der Waals surface area contributed by atoms with Crippen molar-refractivity contribution >= 4 is 23.2 Å². The molecule has 2 aromatic rings. The van der Waals surface area contributed by atoms with E-state index in [-0.39, 0.29) is 11.8 Å². The minimum Gasteiger partial charge on any atom is -0.368 e. The molecule has 27 heavy (non-hydrogen) atoms. The topological polar surface area (TPSA) is 56.8 Å². The predicted molar refractivity (Wildman–Crippen MR) is 105 cm³/mol. The normalized spacial score (nSPS) is 17.5. The maximum absolute atomic E-state index is 12.6. The molecule has 3 heterocycles. The van der Waals surface area contributed by atoms with Gasteiger partial charge in [-0.15, -0.1) is 0 Å². The summed E-state index contributed by atoms with van der Waals surface area (Å²) in [7, 11) is 0. The highest BCUT2D eigenvalue weighted by Crippen LogP contribution is 2.22. The van der Waals surface area contributed by atoms with Gasteiger partial charge in [0.05, 0.1) is 6.42 Å². The Hall–Kier alpha value is -2.89. The molecule has 2 saturated heterocycles. The highest BCUT2D eigenvalue weighted by Gasteiger charge is 2.23. The van der Waals surface area contributed by atoms with Crippen molar-refractivity contribution in [2.75, 3.05) is 42.5 Å². The minimum atomic E-state index is 0.161. The molecule has 0 N–H and O–H groups in total. The lowest BCUT2D eigenvalue weighted by atomic mass is 10.1. The van der Waals surface area contributed by atoms with Gasteiger partial charge in [0, 0.05) is 62.9 Å². The van der Waals surface area contributed by atoms with Gasteiger partial charge in [-0.1, -0.05) is 12.1 Å². The number of aromatic nitrogens is 1. The zero-order chi connectivity index (χ0) is 18.6. The van der Waals surface area contributed by atoms with Crippen molar-refractivity contribution in [3.8, 4) is 0 Å². The third kappa shape index (κ3) is 3.94. The van der Waals surface area contributed by atoms with Crippen LogP contribution in [0, 0.1) is 0 Å². The molecule has 2 fully saturated rings. The number of carbonyl (C=O) groups excluding carboxylic acids is 2. The van der Waals surface area contributed by atoms with Crippen molar-refractivity contribution in [3.05, 3.63) is 54.4 Å². The number of nitrogens with zero attached hydrogens (tertiary/aromatic N) is 4. The van der Waals surface area contributed by atoms with Crippen LogP contribution in [0.3, 0.4) is 0 Å². The molecule has 0 saturated carbocycles. The Bertz CT molecular complexity index is 799. The first kappa shape index (κ1) is 17.5. The van der Waals surface area contributed by atoms with Crippen LogP contribution in [-0.2, 0) is 16.0 Å². The van der Waals surface area contributed by atoms with Crippen LogP contribution in [0.15, 0.2) is 48.8 Å². The van der Waals surface area contributed by atoms with E-state index in [4.69, 9.17) is 0 Å². The highest BCUT2D eigenvalue weighted by atomic mass is 16.2. The Balaban J connectivity index is 1.31. The molecule has 2 aliphatic rings. The Kier molecular flexibility index (Phi) is 5.05. The molecule has 0 atom stereocenters. The summed E-state index contributed by atoms with van der Waals surface area (Å²) in [6.45, 7) is 3.94. The molecule has 0 unspecified atom stereocenters. The summed E-state index contributed by atoms with van der Waals surface area (Å²) in [5.74, 6) is 0.347. The molecule has 0 spiro atoms. The summed E-state index contributed by atoms with van der Waals surface area (Å²) in [5, 5.41) is 0. The van der Waals surface area contributed by atoms with Crippen LogP contribution in [0.1, 0.15) is 18.4 Å². The number of hydrogen-bond donors (Lipinski definition) is 0. The van der Waals surface area contributed by atoms with Gasteiger partial charge in [0.1, 0.15) is 0 Å². The second kappa shape index (κ2) is 7.78. The average Bonchev–Trinajstić information content (AvgIpc) is 3.15. The van der Waals surface area contributed by atoms with Crippen molar-refractivity contribution < 1.29 is 9.59 Å². The van der Waals surface area contributed by atoms with Crippen molar-refractivity contribution in [3.63, 3.8) is 0 Å². The maximum atomic E-state index is 12.6. The van der Waals surface area contributed by atoms with Crippen molar-refractivity contribution in [1.82, 2.24) is 9.88 Å². The van der Waals surface area contributed by atoms with E-state index in [9.17, 15) is 9.59 Å². The van der Waals surface area contributed by atoms with Crippen molar-refractivity contribution in [2.24, 2.45) is 0 Å². The molecule has 6 heteroatoms. The van der Waals surface area contributed by atoms with E-state index in [0.717, 1.165) is 56.1 Å². The molecular weight excluding hydrogens is 340 g/mol. The summed E-state index contributed by atoms with van der Waals surface area (Å²) in [5.41, 5.74) is 3.08. The molecule has 1 aromatic heterocycles. The van der Waals surface area contributed by atoms with Crippen LogP contribution < -0.4 is 9.80 Å². The first-order valence-corrected chi connectivity index (χ1v) is 9.53. The quantitative estimate of drug-likeness (QED) is 0.834. The van der Waals surface area contributed by atoms with Gasteiger partial charge in [0.25, 0.3) is 0 Å². The monoisotopic (exact) mass is 364 g/mol. The molecule has 1 aromatic carbocycles. The Morgan fingerprint density at radius 2 is 1.59 bits per heavy atom. The van der Waals surface area contributed by atoms with Crippen LogP contribution in [0.25, 0.3) is 0 Å². The molecule has 0 radical (unpaired) electrons. The number of pyridine rings is 1. The van der Waals surface area contributed by atoms with Gasteiger partial charge >= 0.3 is 0 Å². The smallest absolute Gasteiger partial charge is 0.227 e. The van der Waals surface area contributed by atoms with Gasteiger partial charge in [-0.25, -0.2) is 0 Å². The predicted octanol–water partition coefficient (Wildman–Crippen LogP) is 2.10. The summed E-state index contributed by atoms with van der Waals surface area (Å²) >= 11 is 0. The van der Waals surface area contributed by atoms with Gasteiger partial charge in [-0.3, -0.25) is 14.6 Å². The van der Waals surface area contributed by atoms with Gasteiger partial charge in [-0.05, 0) is 36.2 Å². The summed E-state index contributed by atoms with van der Waals surface area (Å²) < 4.78 is 0. The third-order valence-corrected chi connectivity index (χ3v) is 5.34. The first-order valence-electron chi connectivity index (χ1n) is 9.53. The number of hydrogen-bond acceptors (Lipinski definition) is 4. The average molecular weight is 364 g/mol. The van der Waals surface area contributed by atoms with Crippen LogP contribution in [0.2, 0.25) is 0 Å². The van der Waals surface area contributed by atoms with Gasteiger partial charge in [-0.2, -0.15) is 0 Å². The molecule has 140 valence electrons. The van der Waals surface area contributed by atoms with Crippen LogP contribution >= 0.6 is 0 Å². The van der Waals surface area contributed by atoms with Crippen molar-refractivity contribution in [1.29, 1.82) is 0 Å². The van der Waals surface area contributed by atoms with E-state index in [1.54, 1.807) is 12.4 Å². The van der Waals surface area contributed by atoms with E-state index in [2.05, 4.69) is 9.88 Å². The lowest BCUT2D eigenvalue weighted by molar-refractivity contribution is -0.130. The molecule has 2 amide bonds. The lowest BCUT2D eigenvalue weighted by Gasteiger charge is -2.36. The van der Waals surface area contributed by atoms with E-state index in [0.29, 0.717) is 12.8 Å². The Morgan fingerprint density at radius 3 is 2.22 bits per heavy atom. The van der Waals surface area contributed by atoms with Gasteiger partial charge in [0.15, 0.2) is 0 Å². The number of piperazine rings is 1. The maximum Gasteiger partial charge on any atom is 0.227 e. The molecule has 2 aliphatic heterocycles. The fourth-order valence-electron chi connectivity index (χ4n) is 3.77. The van der Waals surface area contributed by atoms with Crippen LogP contribution in [0.5, 0.6) is 0 Å². The van der Waals surface area contributed by atoms with Crippen LogP contribution in [-0.4, -0.2) is 54.4 Å². The zero-order valence-electron chi connectivity index (χ0n) is 15.4. The van der Waals surface area contributed by atoms with E-state index >= 15 is 0 Å². The van der Waals surface area contributed by atoms with E-state index < -0.39 is 0 Å². The fourth-order valence-corrected chi connectivity index (χ4v) is 3.77. The van der Waals surface area contributed by atoms with E-state index in [1.807, 2.05) is 46.2 Å². The Morgan fingerprint density at radius 1 is 0.889 bits per heavy atom. The Labute approximate surface area is 159 Å². The summed E-state index contributed by atoms with van der Waals surface area (Å²) in [6, 6.07) is 11.8. The van der Waals surface area contributed by atoms with Gasteiger partial charge in [0.2, 0.25) is 11.8 Å². The first-order chi connectivity index (χ1) is 13.2. The summed E-state index contributed by atoms with van der Waals surface area (Å²) in [4.78, 5) is 34.6. The number of amides is 2. The molecule has 4 rings (SSSR count). The molecule has 0 bridgehead atoms. The molecule has 6 nitrogen and oxygen atoms in total. The largest absolute Gasteiger partial charge is 0.368 e. The fraction of sp³-hybridized carbons (Fsp3) is 0.381. The summed E-state index contributed by atoms with van der Waals surface area (Å²) in [6.07, 6.45) is 5.55. The van der Waals surface area contributed by atoms with E-state index in [1.165, 1.54) is 0 Å². The second-order valence-corrected chi connectivity index (χ2v) is 7.07. The number of benzene rings is 1. The zero-order valence-corrected chi connectivity index (χ0v) is 15.4. The molecule has 0 aliphatic carbocycles. The molecular formula is C21H24N4O2. The van der Waals surface area contributed by atoms with Crippen molar-refractivity contribution in [2.45, 2.75) is 19.3 Å². The number of rotatable bonds is 4. The third-order valence-electron chi connectivity index (χ3n) is 5.34. The lowest BCUT2D eigenvalue weighted by Crippen LogP contribution is -2.49. The highest BCUT2D eigenvalue weighted by molar-refractivity contribution is 5.95.